The largest absolute Gasteiger partial charge is 0.486 e. The highest BCUT2D eigenvalue weighted by Gasteiger charge is 2.42. The molecule has 1 aliphatic carbocycles. The number of ether oxygens (including phenoxy) is 2. The average Bonchev–Trinajstić information content (AvgIpc) is 2.25. The first-order valence-corrected chi connectivity index (χ1v) is 5.12. The van der Waals surface area contributed by atoms with Gasteiger partial charge in [-0.25, -0.2) is 0 Å². The van der Waals surface area contributed by atoms with E-state index in [1.807, 2.05) is 19.2 Å². The zero-order chi connectivity index (χ0) is 10.7. The maximum atomic E-state index is 5.76. The minimum atomic E-state index is 0.134. The highest BCUT2D eigenvalue weighted by Crippen LogP contribution is 2.27. The molecule has 4 heteroatoms. The van der Waals surface area contributed by atoms with Crippen LogP contribution in [0.3, 0.4) is 0 Å². The van der Waals surface area contributed by atoms with Gasteiger partial charge < -0.3 is 14.8 Å². The van der Waals surface area contributed by atoms with Crippen LogP contribution in [0.4, 0.5) is 0 Å². The fourth-order valence-corrected chi connectivity index (χ4v) is 1.89. The SMILES string of the molecule is CNC1CC(Oc2cccnc2)C1OC. The van der Waals surface area contributed by atoms with Gasteiger partial charge in [-0.1, -0.05) is 0 Å². The Morgan fingerprint density at radius 1 is 1.53 bits per heavy atom. The van der Waals surface area contributed by atoms with Crippen molar-refractivity contribution in [1.29, 1.82) is 0 Å². The van der Waals surface area contributed by atoms with Crippen LogP contribution in [0.25, 0.3) is 0 Å². The Labute approximate surface area is 89.6 Å². The molecule has 0 amide bonds. The third kappa shape index (κ3) is 2.11. The van der Waals surface area contributed by atoms with E-state index in [1.165, 1.54) is 0 Å². The first kappa shape index (κ1) is 10.4. The molecule has 0 aliphatic heterocycles. The van der Waals surface area contributed by atoms with Gasteiger partial charge in [-0.05, 0) is 19.2 Å². The van der Waals surface area contributed by atoms with E-state index in [0.717, 1.165) is 12.2 Å². The van der Waals surface area contributed by atoms with Crippen LogP contribution in [0.2, 0.25) is 0 Å². The van der Waals surface area contributed by atoms with E-state index in [9.17, 15) is 0 Å². The summed E-state index contributed by atoms with van der Waals surface area (Å²) in [5.41, 5.74) is 0. The van der Waals surface area contributed by atoms with E-state index in [-0.39, 0.29) is 12.2 Å². The number of methoxy groups -OCH3 is 1. The molecule has 1 aliphatic rings. The number of rotatable bonds is 4. The van der Waals surface area contributed by atoms with Gasteiger partial charge in [0.15, 0.2) is 0 Å². The predicted octanol–water partition coefficient (Wildman–Crippen LogP) is 0.836. The van der Waals surface area contributed by atoms with Crippen molar-refractivity contribution < 1.29 is 9.47 Å². The lowest BCUT2D eigenvalue weighted by Gasteiger charge is -2.42. The van der Waals surface area contributed by atoms with Crippen molar-refractivity contribution in [2.75, 3.05) is 14.2 Å². The van der Waals surface area contributed by atoms with Gasteiger partial charge in [-0.15, -0.1) is 0 Å². The highest BCUT2D eigenvalue weighted by atomic mass is 16.5. The number of likely N-dealkylation sites (N-methyl/N-ethyl adjacent to an activating group) is 1. The molecule has 1 aromatic heterocycles. The Morgan fingerprint density at radius 2 is 2.40 bits per heavy atom. The Balaban J connectivity index is 1.92. The fraction of sp³-hybridized carbons (Fsp3) is 0.545. The van der Waals surface area contributed by atoms with E-state index in [0.29, 0.717) is 6.04 Å². The van der Waals surface area contributed by atoms with Crippen LogP contribution in [-0.4, -0.2) is 37.4 Å². The molecule has 1 aromatic rings. The second kappa shape index (κ2) is 4.59. The van der Waals surface area contributed by atoms with E-state index in [2.05, 4.69) is 10.3 Å². The molecular formula is C11H16N2O2. The number of hydrogen-bond acceptors (Lipinski definition) is 4. The predicted molar refractivity (Wildman–Crippen MR) is 56.9 cm³/mol. The van der Waals surface area contributed by atoms with Crippen molar-refractivity contribution in [3.63, 3.8) is 0 Å². The summed E-state index contributed by atoms with van der Waals surface area (Å²) in [6.45, 7) is 0. The summed E-state index contributed by atoms with van der Waals surface area (Å²) in [6.07, 6.45) is 4.70. The molecule has 0 spiro atoms. The molecule has 0 radical (unpaired) electrons. The van der Waals surface area contributed by atoms with Crippen LogP contribution in [-0.2, 0) is 4.74 Å². The molecule has 1 saturated carbocycles. The molecule has 82 valence electrons. The van der Waals surface area contributed by atoms with E-state index in [4.69, 9.17) is 9.47 Å². The standard InChI is InChI=1S/C11H16N2O2/c1-12-9-6-10(11(9)14-2)15-8-4-3-5-13-7-8/h3-5,7,9-12H,6H2,1-2H3. The van der Waals surface area contributed by atoms with Crippen molar-refractivity contribution in [3.8, 4) is 5.75 Å². The topological polar surface area (TPSA) is 43.4 Å². The van der Waals surface area contributed by atoms with Crippen LogP contribution in [0.5, 0.6) is 5.75 Å². The van der Waals surface area contributed by atoms with Gasteiger partial charge in [0.05, 0.1) is 6.20 Å². The van der Waals surface area contributed by atoms with Crippen molar-refractivity contribution in [2.45, 2.75) is 24.7 Å². The summed E-state index contributed by atoms with van der Waals surface area (Å²) in [5, 5.41) is 3.20. The summed E-state index contributed by atoms with van der Waals surface area (Å²) >= 11 is 0. The molecule has 0 saturated heterocycles. The molecular weight excluding hydrogens is 192 g/mol. The molecule has 1 N–H and O–H groups in total. The summed E-state index contributed by atoms with van der Waals surface area (Å²) in [6, 6.07) is 4.18. The van der Waals surface area contributed by atoms with E-state index in [1.54, 1.807) is 19.5 Å². The van der Waals surface area contributed by atoms with Crippen LogP contribution in [0.15, 0.2) is 24.5 Å². The molecule has 4 nitrogen and oxygen atoms in total. The number of nitrogens with one attached hydrogen (secondary N) is 1. The van der Waals surface area contributed by atoms with Crippen molar-refractivity contribution in [3.05, 3.63) is 24.5 Å². The Kier molecular flexibility index (Phi) is 3.18. The second-order valence-electron chi connectivity index (χ2n) is 3.68. The van der Waals surface area contributed by atoms with Gasteiger partial charge in [-0.3, -0.25) is 4.98 Å². The molecule has 0 aromatic carbocycles. The smallest absolute Gasteiger partial charge is 0.138 e. The maximum Gasteiger partial charge on any atom is 0.138 e. The summed E-state index contributed by atoms with van der Waals surface area (Å²) in [7, 11) is 3.66. The summed E-state index contributed by atoms with van der Waals surface area (Å²) < 4.78 is 11.1. The molecule has 0 bridgehead atoms. The quantitative estimate of drug-likeness (QED) is 0.796. The van der Waals surface area contributed by atoms with Gasteiger partial charge in [0.1, 0.15) is 18.0 Å². The molecule has 1 heterocycles. The van der Waals surface area contributed by atoms with Crippen molar-refractivity contribution >= 4 is 0 Å². The maximum absolute atomic E-state index is 5.76. The number of aromatic nitrogens is 1. The summed E-state index contributed by atoms with van der Waals surface area (Å²) in [5.74, 6) is 0.805. The Hall–Kier alpha value is -1.13. The van der Waals surface area contributed by atoms with Gasteiger partial charge in [0, 0.05) is 25.8 Å². The molecule has 3 unspecified atom stereocenters. The van der Waals surface area contributed by atoms with E-state index >= 15 is 0 Å². The average molecular weight is 208 g/mol. The van der Waals surface area contributed by atoms with Crippen LogP contribution in [0.1, 0.15) is 6.42 Å². The van der Waals surface area contributed by atoms with Gasteiger partial charge in [0.25, 0.3) is 0 Å². The Bertz CT molecular complexity index is 305. The molecule has 2 rings (SSSR count). The first-order chi connectivity index (χ1) is 7.35. The minimum Gasteiger partial charge on any atom is -0.486 e. The minimum absolute atomic E-state index is 0.134. The van der Waals surface area contributed by atoms with Gasteiger partial charge >= 0.3 is 0 Å². The normalized spacial score (nSPS) is 29.6. The monoisotopic (exact) mass is 208 g/mol. The lowest BCUT2D eigenvalue weighted by molar-refractivity contribution is -0.0870. The van der Waals surface area contributed by atoms with E-state index < -0.39 is 0 Å². The van der Waals surface area contributed by atoms with Crippen molar-refractivity contribution in [1.82, 2.24) is 10.3 Å². The number of hydrogen-bond donors (Lipinski definition) is 1. The van der Waals surface area contributed by atoms with Crippen LogP contribution < -0.4 is 10.1 Å². The zero-order valence-corrected chi connectivity index (χ0v) is 9.01. The lowest BCUT2D eigenvalue weighted by Crippen LogP contribution is -2.60. The third-order valence-corrected chi connectivity index (χ3v) is 2.81. The zero-order valence-electron chi connectivity index (χ0n) is 9.01. The molecule has 15 heavy (non-hydrogen) atoms. The Morgan fingerprint density at radius 3 is 3.00 bits per heavy atom. The fourth-order valence-electron chi connectivity index (χ4n) is 1.89. The van der Waals surface area contributed by atoms with Gasteiger partial charge in [0.2, 0.25) is 0 Å². The number of pyridine rings is 1. The number of nitrogens with zero attached hydrogens (tertiary/aromatic N) is 1. The molecule has 1 fully saturated rings. The molecule has 3 atom stereocenters. The summed E-state index contributed by atoms with van der Waals surface area (Å²) in [4.78, 5) is 4.00. The van der Waals surface area contributed by atoms with Gasteiger partial charge in [-0.2, -0.15) is 0 Å². The second-order valence-corrected chi connectivity index (χ2v) is 3.68. The lowest BCUT2D eigenvalue weighted by atomic mass is 9.85. The van der Waals surface area contributed by atoms with Crippen LogP contribution >= 0.6 is 0 Å². The third-order valence-electron chi connectivity index (χ3n) is 2.81. The first-order valence-electron chi connectivity index (χ1n) is 5.12. The van der Waals surface area contributed by atoms with Crippen molar-refractivity contribution in [2.24, 2.45) is 0 Å². The highest BCUT2D eigenvalue weighted by molar-refractivity contribution is 5.17. The van der Waals surface area contributed by atoms with Crippen LogP contribution in [0, 0.1) is 0 Å².